The molecule has 1 saturated heterocycles. The molecule has 0 spiro atoms. The van der Waals surface area contributed by atoms with Crippen molar-refractivity contribution in [1.29, 1.82) is 0 Å². The molecule has 5 nitrogen and oxygen atoms in total. The molecular formula is C20H30N2O3. The maximum absolute atomic E-state index is 12.3. The summed E-state index contributed by atoms with van der Waals surface area (Å²) in [5, 5.41) is 0. The first-order chi connectivity index (χ1) is 12.3. The van der Waals surface area contributed by atoms with Gasteiger partial charge in [-0.2, -0.15) is 0 Å². The van der Waals surface area contributed by atoms with Crippen LogP contribution >= 0.6 is 0 Å². The summed E-state index contributed by atoms with van der Waals surface area (Å²) in [6.45, 7) is 7.00. The molecule has 1 fully saturated rings. The van der Waals surface area contributed by atoms with E-state index in [2.05, 4.69) is 24.0 Å². The summed E-state index contributed by atoms with van der Waals surface area (Å²) in [5.41, 5.74) is 1.24. The normalized spacial score (nSPS) is 17.1. The van der Waals surface area contributed by atoms with Crippen LogP contribution in [0.1, 0.15) is 51.0 Å². The zero-order valence-electron chi connectivity index (χ0n) is 15.3. The first-order valence-corrected chi connectivity index (χ1v) is 9.65. The van der Waals surface area contributed by atoms with Crippen LogP contribution in [-0.4, -0.2) is 48.7 Å². The van der Waals surface area contributed by atoms with Gasteiger partial charge in [-0.25, -0.2) is 0 Å². The van der Waals surface area contributed by atoms with E-state index in [4.69, 9.17) is 9.47 Å². The van der Waals surface area contributed by atoms with Crippen LogP contribution in [0.25, 0.3) is 0 Å². The summed E-state index contributed by atoms with van der Waals surface area (Å²) >= 11 is 0. The van der Waals surface area contributed by atoms with E-state index >= 15 is 0 Å². The number of unbranched alkanes of at least 4 members (excludes halogenated alkanes) is 4. The number of carbonyl (C=O) groups is 1. The van der Waals surface area contributed by atoms with Crippen molar-refractivity contribution in [3.63, 3.8) is 0 Å². The monoisotopic (exact) mass is 346 g/mol. The summed E-state index contributed by atoms with van der Waals surface area (Å²) in [6.07, 6.45) is 6.73. The van der Waals surface area contributed by atoms with Crippen molar-refractivity contribution in [2.45, 2.75) is 52.0 Å². The van der Waals surface area contributed by atoms with Crippen LogP contribution in [0.15, 0.2) is 18.2 Å². The van der Waals surface area contributed by atoms with Gasteiger partial charge in [0.2, 0.25) is 12.7 Å². The number of ether oxygens (including phenoxy) is 2. The Kier molecular flexibility index (Phi) is 6.56. The molecule has 0 bridgehead atoms. The molecule has 25 heavy (non-hydrogen) atoms. The van der Waals surface area contributed by atoms with Crippen LogP contribution in [0.2, 0.25) is 0 Å². The Labute approximate surface area is 150 Å². The van der Waals surface area contributed by atoms with Gasteiger partial charge in [-0.1, -0.05) is 38.7 Å². The Balaban J connectivity index is 1.37. The Hall–Kier alpha value is -1.75. The molecule has 0 N–H and O–H groups in total. The van der Waals surface area contributed by atoms with E-state index < -0.39 is 0 Å². The highest BCUT2D eigenvalue weighted by atomic mass is 16.7. The van der Waals surface area contributed by atoms with Crippen LogP contribution in [0.4, 0.5) is 0 Å². The van der Waals surface area contributed by atoms with Gasteiger partial charge in [0.1, 0.15) is 0 Å². The fraction of sp³-hybridized carbons (Fsp3) is 0.650. The van der Waals surface area contributed by atoms with Gasteiger partial charge in [0.25, 0.3) is 0 Å². The maximum atomic E-state index is 12.3. The van der Waals surface area contributed by atoms with Crippen molar-refractivity contribution in [2.75, 3.05) is 33.0 Å². The van der Waals surface area contributed by atoms with Gasteiger partial charge < -0.3 is 14.4 Å². The SMILES string of the molecule is CCCCCCCC(=O)N1CCN(Cc2ccc3c(c2)OCO3)CC1. The Morgan fingerprint density at radius 1 is 1.00 bits per heavy atom. The number of benzene rings is 1. The molecule has 1 aromatic rings. The lowest BCUT2D eigenvalue weighted by molar-refractivity contribution is -0.133. The Morgan fingerprint density at radius 2 is 1.76 bits per heavy atom. The predicted molar refractivity (Wildman–Crippen MR) is 97.8 cm³/mol. The molecule has 0 unspecified atom stereocenters. The standard InChI is InChI=1S/C20H30N2O3/c1-2-3-4-5-6-7-20(23)22-12-10-21(11-13-22)15-17-8-9-18-19(14-17)25-16-24-18/h8-9,14H,2-7,10-13,15-16H2,1H3. The van der Waals surface area contributed by atoms with E-state index in [1.807, 2.05) is 11.0 Å². The molecule has 0 aromatic heterocycles. The summed E-state index contributed by atoms with van der Waals surface area (Å²) in [4.78, 5) is 16.7. The minimum atomic E-state index is 0.317. The third kappa shape index (κ3) is 5.11. The van der Waals surface area contributed by atoms with E-state index in [-0.39, 0.29) is 0 Å². The highest BCUT2D eigenvalue weighted by Crippen LogP contribution is 2.32. The molecular weight excluding hydrogens is 316 g/mol. The average molecular weight is 346 g/mol. The number of nitrogens with zero attached hydrogens (tertiary/aromatic N) is 2. The van der Waals surface area contributed by atoms with Crippen molar-refractivity contribution >= 4 is 5.91 Å². The topological polar surface area (TPSA) is 42.0 Å². The highest BCUT2D eigenvalue weighted by molar-refractivity contribution is 5.76. The molecule has 2 aliphatic heterocycles. The summed E-state index contributed by atoms with van der Waals surface area (Å²) in [7, 11) is 0. The van der Waals surface area contributed by atoms with Crippen molar-refractivity contribution in [3.8, 4) is 11.5 Å². The first kappa shape index (κ1) is 18.1. The molecule has 1 amide bonds. The number of carbonyl (C=O) groups excluding carboxylic acids is 1. The van der Waals surface area contributed by atoms with E-state index in [0.717, 1.165) is 50.6 Å². The van der Waals surface area contributed by atoms with Gasteiger partial charge in [0.15, 0.2) is 11.5 Å². The molecule has 0 saturated carbocycles. The maximum Gasteiger partial charge on any atom is 0.231 e. The van der Waals surface area contributed by atoms with E-state index in [1.165, 1.54) is 31.2 Å². The van der Waals surface area contributed by atoms with Crippen molar-refractivity contribution < 1.29 is 14.3 Å². The van der Waals surface area contributed by atoms with Crippen LogP contribution in [0.5, 0.6) is 11.5 Å². The summed E-state index contributed by atoms with van der Waals surface area (Å²) in [5.74, 6) is 2.01. The third-order valence-electron chi connectivity index (χ3n) is 5.06. The lowest BCUT2D eigenvalue weighted by Gasteiger charge is -2.34. The Bertz CT molecular complexity index is 568. The van der Waals surface area contributed by atoms with Crippen molar-refractivity contribution in [3.05, 3.63) is 23.8 Å². The van der Waals surface area contributed by atoms with Crippen LogP contribution in [-0.2, 0) is 11.3 Å². The van der Waals surface area contributed by atoms with Gasteiger partial charge in [-0.3, -0.25) is 9.69 Å². The van der Waals surface area contributed by atoms with Gasteiger partial charge >= 0.3 is 0 Å². The number of rotatable bonds is 8. The zero-order valence-corrected chi connectivity index (χ0v) is 15.3. The minimum Gasteiger partial charge on any atom is -0.454 e. The van der Waals surface area contributed by atoms with Crippen molar-refractivity contribution in [1.82, 2.24) is 9.80 Å². The quantitative estimate of drug-likeness (QED) is 0.677. The number of amides is 1. The third-order valence-corrected chi connectivity index (χ3v) is 5.06. The molecule has 5 heteroatoms. The first-order valence-electron chi connectivity index (χ1n) is 9.65. The number of fused-ring (bicyclic) bond motifs is 1. The number of hydrogen-bond donors (Lipinski definition) is 0. The van der Waals surface area contributed by atoms with E-state index in [0.29, 0.717) is 19.1 Å². The second-order valence-corrected chi connectivity index (χ2v) is 7.01. The molecule has 1 aromatic carbocycles. The number of piperazine rings is 1. The molecule has 2 aliphatic rings. The molecule has 138 valence electrons. The van der Waals surface area contributed by atoms with Crippen LogP contribution in [0.3, 0.4) is 0 Å². The predicted octanol–water partition coefficient (Wildman–Crippen LogP) is 3.42. The fourth-order valence-corrected chi connectivity index (χ4v) is 3.49. The molecule has 2 heterocycles. The summed E-state index contributed by atoms with van der Waals surface area (Å²) < 4.78 is 10.8. The largest absolute Gasteiger partial charge is 0.454 e. The second kappa shape index (κ2) is 9.09. The molecule has 0 radical (unpaired) electrons. The highest BCUT2D eigenvalue weighted by Gasteiger charge is 2.21. The average Bonchev–Trinajstić information content (AvgIpc) is 3.10. The smallest absolute Gasteiger partial charge is 0.231 e. The molecule has 3 rings (SSSR count). The van der Waals surface area contributed by atoms with Crippen LogP contribution < -0.4 is 9.47 Å². The zero-order chi connectivity index (χ0) is 17.5. The van der Waals surface area contributed by atoms with Crippen LogP contribution in [0, 0.1) is 0 Å². The fourth-order valence-electron chi connectivity index (χ4n) is 3.49. The minimum absolute atomic E-state index is 0.317. The second-order valence-electron chi connectivity index (χ2n) is 7.01. The van der Waals surface area contributed by atoms with Gasteiger partial charge in [0, 0.05) is 39.1 Å². The van der Waals surface area contributed by atoms with Gasteiger partial charge in [-0.05, 0) is 24.1 Å². The Morgan fingerprint density at radius 3 is 2.56 bits per heavy atom. The van der Waals surface area contributed by atoms with Gasteiger partial charge in [0.05, 0.1) is 0 Å². The summed E-state index contributed by atoms with van der Waals surface area (Å²) in [6, 6.07) is 6.15. The van der Waals surface area contributed by atoms with Gasteiger partial charge in [-0.15, -0.1) is 0 Å². The lowest BCUT2D eigenvalue weighted by atomic mass is 10.1. The van der Waals surface area contributed by atoms with E-state index in [9.17, 15) is 4.79 Å². The number of hydrogen-bond acceptors (Lipinski definition) is 4. The molecule has 0 aliphatic carbocycles. The molecule has 0 atom stereocenters. The van der Waals surface area contributed by atoms with Crippen molar-refractivity contribution in [2.24, 2.45) is 0 Å². The lowest BCUT2D eigenvalue weighted by Crippen LogP contribution is -2.48. The van der Waals surface area contributed by atoms with E-state index in [1.54, 1.807) is 0 Å².